The highest BCUT2D eigenvalue weighted by Gasteiger charge is 2.16. The molecule has 31 heavy (non-hydrogen) atoms. The number of para-hydroxylation sites is 2. The topological polar surface area (TPSA) is 109 Å². The molecule has 0 atom stereocenters. The summed E-state index contributed by atoms with van der Waals surface area (Å²) in [4.78, 5) is 16.8. The highest BCUT2D eigenvalue weighted by molar-refractivity contribution is 7.93. The summed E-state index contributed by atoms with van der Waals surface area (Å²) in [5, 5.41) is 5.73. The minimum absolute atomic E-state index is 0.157. The van der Waals surface area contributed by atoms with Gasteiger partial charge in [0.05, 0.1) is 27.9 Å². The Bertz CT molecular complexity index is 1340. The van der Waals surface area contributed by atoms with Crippen LogP contribution in [0.25, 0.3) is 10.2 Å². The Morgan fingerprint density at radius 2 is 1.71 bits per heavy atom. The molecule has 0 bridgehead atoms. The summed E-state index contributed by atoms with van der Waals surface area (Å²) < 4.78 is 33.4. The second-order valence-corrected chi connectivity index (χ2v) is 9.11. The minimum Gasteiger partial charge on any atom is -0.495 e. The van der Waals surface area contributed by atoms with Crippen molar-refractivity contribution in [1.82, 2.24) is 4.98 Å². The van der Waals surface area contributed by atoms with Crippen LogP contribution in [0.5, 0.6) is 5.75 Å². The number of aromatic nitrogens is 1. The summed E-state index contributed by atoms with van der Waals surface area (Å²) in [5.41, 5.74) is 1.70. The van der Waals surface area contributed by atoms with E-state index in [2.05, 4.69) is 20.3 Å². The number of amides is 2. The molecule has 0 aliphatic rings. The third-order valence-corrected chi connectivity index (χ3v) is 6.69. The zero-order valence-electron chi connectivity index (χ0n) is 16.3. The van der Waals surface area contributed by atoms with Crippen LogP contribution < -0.4 is 20.1 Å². The summed E-state index contributed by atoms with van der Waals surface area (Å²) in [7, 11) is -2.20. The Morgan fingerprint density at radius 1 is 0.968 bits per heavy atom. The minimum atomic E-state index is -3.73. The van der Waals surface area contributed by atoms with E-state index in [1.54, 1.807) is 54.6 Å². The lowest BCUT2D eigenvalue weighted by molar-refractivity contribution is 0.262. The van der Waals surface area contributed by atoms with Crippen molar-refractivity contribution in [2.75, 3.05) is 22.5 Å². The molecule has 4 aromatic rings. The van der Waals surface area contributed by atoms with Gasteiger partial charge in [-0.2, -0.15) is 0 Å². The summed E-state index contributed by atoms with van der Waals surface area (Å²) in [6.07, 6.45) is 0. The molecule has 3 N–H and O–H groups in total. The lowest BCUT2D eigenvalue weighted by Crippen LogP contribution is -2.19. The smallest absolute Gasteiger partial charge is 0.323 e. The van der Waals surface area contributed by atoms with E-state index < -0.39 is 16.1 Å². The van der Waals surface area contributed by atoms with Gasteiger partial charge in [-0.15, -0.1) is 0 Å². The summed E-state index contributed by atoms with van der Waals surface area (Å²) in [6, 6.07) is 19.9. The second-order valence-electron chi connectivity index (χ2n) is 6.40. The van der Waals surface area contributed by atoms with Gasteiger partial charge in [0.1, 0.15) is 5.75 Å². The number of nitrogens with one attached hydrogen (secondary N) is 3. The Kier molecular flexibility index (Phi) is 5.74. The van der Waals surface area contributed by atoms with Crippen molar-refractivity contribution in [2.45, 2.75) is 4.90 Å². The van der Waals surface area contributed by atoms with Gasteiger partial charge < -0.3 is 15.4 Å². The first-order valence-corrected chi connectivity index (χ1v) is 11.4. The van der Waals surface area contributed by atoms with Crippen LogP contribution in [0.2, 0.25) is 0 Å². The lowest BCUT2D eigenvalue weighted by atomic mass is 10.3. The van der Waals surface area contributed by atoms with Crippen molar-refractivity contribution in [1.29, 1.82) is 0 Å². The molecule has 0 aliphatic heterocycles. The molecular formula is C21H18N4O4S2. The first-order valence-electron chi connectivity index (χ1n) is 9.14. The lowest BCUT2D eigenvalue weighted by Gasteiger charge is -2.10. The van der Waals surface area contributed by atoms with Crippen molar-refractivity contribution in [2.24, 2.45) is 0 Å². The Hall–Kier alpha value is -3.63. The van der Waals surface area contributed by atoms with E-state index in [-0.39, 0.29) is 10.0 Å². The molecule has 4 rings (SSSR count). The van der Waals surface area contributed by atoms with E-state index >= 15 is 0 Å². The zero-order valence-corrected chi connectivity index (χ0v) is 18.0. The molecule has 0 saturated carbocycles. The van der Waals surface area contributed by atoms with Gasteiger partial charge >= 0.3 is 6.03 Å². The highest BCUT2D eigenvalue weighted by atomic mass is 32.2. The fourth-order valence-electron chi connectivity index (χ4n) is 2.85. The van der Waals surface area contributed by atoms with Gasteiger partial charge in [-0.3, -0.25) is 4.72 Å². The predicted octanol–water partition coefficient (Wildman–Crippen LogP) is 4.75. The first kappa shape index (κ1) is 20.6. The number of sulfonamides is 1. The Morgan fingerprint density at radius 3 is 2.48 bits per heavy atom. The predicted molar refractivity (Wildman–Crippen MR) is 123 cm³/mol. The van der Waals surface area contributed by atoms with E-state index in [0.717, 1.165) is 4.70 Å². The molecule has 158 valence electrons. The van der Waals surface area contributed by atoms with E-state index in [4.69, 9.17) is 4.74 Å². The maximum absolute atomic E-state index is 12.5. The number of nitrogens with zero attached hydrogens (tertiary/aromatic N) is 1. The van der Waals surface area contributed by atoms with Crippen LogP contribution in [0.1, 0.15) is 0 Å². The molecule has 10 heteroatoms. The molecule has 0 unspecified atom stereocenters. The number of methoxy groups -OCH3 is 1. The number of thiazole rings is 1. The monoisotopic (exact) mass is 454 g/mol. The number of hydrogen-bond acceptors (Lipinski definition) is 6. The quantitative estimate of drug-likeness (QED) is 0.389. The summed E-state index contributed by atoms with van der Waals surface area (Å²) >= 11 is 1.18. The molecule has 1 heterocycles. The van der Waals surface area contributed by atoms with Crippen molar-refractivity contribution in [3.05, 3.63) is 72.8 Å². The van der Waals surface area contributed by atoms with Gasteiger partial charge in [0.2, 0.25) is 0 Å². The number of benzene rings is 3. The van der Waals surface area contributed by atoms with Gasteiger partial charge in [0.15, 0.2) is 5.13 Å². The molecule has 0 saturated heterocycles. The van der Waals surface area contributed by atoms with Crippen molar-refractivity contribution in [3.8, 4) is 5.75 Å². The van der Waals surface area contributed by atoms with Gasteiger partial charge in [-0.25, -0.2) is 18.2 Å². The number of fused-ring (bicyclic) bond motifs is 1. The molecule has 0 aliphatic carbocycles. The van der Waals surface area contributed by atoms with Gasteiger partial charge in [0, 0.05) is 5.69 Å². The van der Waals surface area contributed by atoms with Gasteiger partial charge in [-0.05, 0) is 42.5 Å². The molecule has 1 aromatic heterocycles. The van der Waals surface area contributed by atoms with E-state index in [0.29, 0.717) is 22.6 Å². The standard InChI is InChI=1S/C21H18N4O4S2/c1-29-18-10-6-5-9-16(18)23-20(26)22-14-11-12-17-19(13-14)30-21(24-17)25-31(27,28)15-7-3-2-4-8-15/h2-13H,1H3,(H,24,25)(H2,22,23,26). The SMILES string of the molecule is COc1ccccc1NC(=O)Nc1ccc2nc(NS(=O)(=O)c3ccccc3)sc2c1. The van der Waals surface area contributed by atoms with E-state index in [1.165, 1.54) is 30.6 Å². The molecule has 2 amide bonds. The number of hydrogen-bond donors (Lipinski definition) is 3. The second kappa shape index (κ2) is 8.62. The van der Waals surface area contributed by atoms with Crippen LogP contribution in [0.15, 0.2) is 77.7 Å². The Balaban J connectivity index is 1.49. The van der Waals surface area contributed by atoms with Crippen LogP contribution in [-0.2, 0) is 10.0 Å². The number of anilines is 3. The third kappa shape index (κ3) is 4.76. The zero-order chi connectivity index (χ0) is 21.8. The largest absolute Gasteiger partial charge is 0.495 e. The van der Waals surface area contributed by atoms with Gasteiger partial charge in [-0.1, -0.05) is 41.7 Å². The van der Waals surface area contributed by atoms with Crippen molar-refractivity contribution < 1.29 is 17.9 Å². The summed E-state index contributed by atoms with van der Waals surface area (Å²) in [5.74, 6) is 0.547. The van der Waals surface area contributed by atoms with E-state index in [9.17, 15) is 13.2 Å². The van der Waals surface area contributed by atoms with E-state index in [1.807, 2.05) is 6.07 Å². The maximum atomic E-state index is 12.5. The number of ether oxygens (including phenoxy) is 1. The van der Waals surface area contributed by atoms with Crippen LogP contribution in [0.3, 0.4) is 0 Å². The molecule has 0 spiro atoms. The summed E-state index contributed by atoms with van der Waals surface area (Å²) in [6.45, 7) is 0. The van der Waals surface area contributed by atoms with Crippen LogP contribution in [-0.4, -0.2) is 26.5 Å². The molecule has 8 nitrogen and oxygen atoms in total. The number of rotatable bonds is 6. The van der Waals surface area contributed by atoms with Gasteiger partial charge in [0.25, 0.3) is 10.0 Å². The molecule has 0 fully saturated rings. The Labute approximate surface area is 183 Å². The van der Waals surface area contributed by atoms with Crippen molar-refractivity contribution in [3.63, 3.8) is 0 Å². The molecule has 3 aromatic carbocycles. The van der Waals surface area contributed by atoms with Crippen molar-refractivity contribution >= 4 is 54.1 Å². The third-order valence-electron chi connectivity index (χ3n) is 4.28. The highest BCUT2D eigenvalue weighted by Crippen LogP contribution is 2.30. The average molecular weight is 455 g/mol. The number of carbonyl (C=O) groups excluding carboxylic acids is 1. The van der Waals surface area contributed by atoms with Crippen LogP contribution in [0.4, 0.5) is 21.3 Å². The average Bonchev–Trinajstić information content (AvgIpc) is 3.15. The van der Waals surface area contributed by atoms with Crippen LogP contribution in [0, 0.1) is 0 Å². The fourth-order valence-corrected chi connectivity index (χ4v) is 5.01. The van der Waals surface area contributed by atoms with Crippen LogP contribution >= 0.6 is 11.3 Å². The first-order chi connectivity index (χ1) is 14.9. The molecular weight excluding hydrogens is 436 g/mol. The fraction of sp³-hybridized carbons (Fsp3) is 0.0476. The number of carbonyl (C=O) groups is 1. The molecule has 0 radical (unpaired) electrons. The number of urea groups is 1. The maximum Gasteiger partial charge on any atom is 0.323 e. The normalized spacial score (nSPS) is 11.1.